The summed E-state index contributed by atoms with van der Waals surface area (Å²) in [6.45, 7) is 4.91. The van der Waals surface area contributed by atoms with Crippen LogP contribution in [0, 0.1) is 5.92 Å². The topological polar surface area (TPSA) is 58.9 Å². The van der Waals surface area contributed by atoms with Gasteiger partial charge in [-0.1, -0.05) is 44.2 Å². The molecular weight excluding hydrogens is 340 g/mol. The SMILES string of the molecule is C[C](C)c1ccc2[nH]c(=O)c3sccc3c2c1-c1ccc(CCN)cc1. The van der Waals surface area contributed by atoms with Crippen LogP contribution < -0.4 is 11.3 Å². The molecule has 0 spiro atoms. The summed E-state index contributed by atoms with van der Waals surface area (Å²) in [4.78, 5) is 15.4. The summed E-state index contributed by atoms with van der Waals surface area (Å²) in [7, 11) is 0. The predicted molar refractivity (Wildman–Crippen MR) is 112 cm³/mol. The van der Waals surface area contributed by atoms with Crippen LogP contribution in [0.25, 0.3) is 32.1 Å². The molecule has 0 atom stereocenters. The van der Waals surface area contributed by atoms with Crippen LogP contribution in [0.1, 0.15) is 25.0 Å². The van der Waals surface area contributed by atoms with E-state index in [-0.39, 0.29) is 5.56 Å². The van der Waals surface area contributed by atoms with Crippen molar-refractivity contribution in [2.45, 2.75) is 20.3 Å². The van der Waals surface area contributed by atoms with E-state index in [4.69, 9.17) is 5.73 Å². The van der Waals surface area contributed by atoms with Crippen molar-refractivity contribution in [3.8, 4) is 11.1 Å². The van der Waals surface area contributed by atoms with Crippen LogP contribution in [0.15, 0.2) is 52.6 Å². The van der Waals surface area contributed by atoms with E-state index in [9.17, 15) is 4.79 Å². The highest BCUT2D eigenvalue weighted by Crippen LogP contribution is 2.38. The molecule has 0 aliphatic rings. The molecule has 2 aromatic carbocycles. The van der Waals surface area contributed by atoms with E-state index in [0.717, 1.165) is 33.0 Å². The van der Waals surface area contributed by atoms with Gasteiger partial charge < -0.3 is 10.7 Å². The Balaban J connectivity index is 2.09. The molecule has 0 unspecified atom stereocenters. The first-order valence-electron chi connectivity index (χ1n) is 8.76. The Morgan fingerprint density at radius 2 is 1.85 bits per heavy atom. The van der Waals surface area contributed by atoms with Gasteiger partial charge in [0.2, 0.25) is 0 Å². The minimum atomic E-state index is -0.0170. The van der Waals surface area contributed by atoms with E-state index in [0.29, 0.717) is 6.54 Å². The zero-order valence-electron chi connectivity index (χ0n) is 14.9. The largest absolute Gasteiger partial charge is 0.330 e. The monoisotopic (exact) mass is 361 g/mol. The fourth-order valence-corrected chi connectivity index (χ4v) is 4.36. The smallest absolute Gasteiger partial charge is 0.266 e. The van der Waals surface area contributed by atoms with Crippen molar-refractivity contribution in [2.24, 2.45) is 5.73 Å². The van der Waals surface area contributed by atoms with Crippen LogP contribution in [-0.2, 0) is 6.42 Å². The van der Waals surface area contributed by atoms with Gasteiger partial charge in [-0.3, -0.25) is 4.79 Å². The molecule has 2 heterocycles. The molecule has 0 amide bonds. The third kappa shape index (κ3) is 2.75. The molecule has 131 valence electrons. The summed E-state index contributed by atoms with van der Waals surface area (Å²) < 4.78 is 0.782. The van der Waals surface area contributed by atoms with Crippen molar-refractivity contribution < 1.29 is 0 Å². The van der Waals surface area contributed by atoms with Crippen molar-refractivity contribution in [1.82, 2.24) is 4.98 Å². The highest BCUT2D eigenvalue weighted by molar-refractivity contribution is 7.17. The molecule has 0 saturated heterocycles. The fraction of sp³-hybridized carbons (Fsp3) is 0.182. The van der Waals surface area contributed by atoms with Crippen molar-refractivity contribution in [1.29, 1.82) is 0 Å². The number of thiophene rings is 1. The lowest BCUT2D eigenvalue weighted by atomic mass is 9.88. The lowest BCUT2D eigenvalue weighted by Crippen LogP contribution is -2.06. The number of benzene rings is 2. The molecular formula is C22H21N2OS. The lowest BCUT2D eigenvalue weighted by molar-refractivity contribution is 0.969. The normalized spacial score (nSPS) is 11.7. The molecule has 4 aromatic rings. The van der Waals surface area contributed by atoms with E-state index in [2.05, 4.69) is 55.2 Å². The van der Waals surface area contributed by atoms with Gasteiger partial charge in [-0.15, -0.1) is 11.3 Å². The molecule has 3 nitrogen and oxygen atoms in total. The van der Waals surface area contributed by atoms with Crippen molar-refractivity contribution in [3.63, 3.8) is 0 Å². The van der Waals surface area contributed by atoms with E-state index in [1.165, 1.54) is 33.9 Å². The van der Waals surface area contributed by atoms with Gasteiger partial charge in [0.05, 0.1) is 0 Å². The van der Waals surface area contributed by atoms with Gasteiger partial charge in [0, 0.05) is 16.3 Å². The molecule has 4 heteroatoms. The maximum absolute atomic E-state index is 12.4. The average molecular weight is 361 g/mol. The Kier molecular flexibility index (Phi) is 4.39. The Labute approximate surface area is 156 Å². The predicted octanol–water partition coefficient (Wildman–Crippen LogP) is 4.87. The lowest BCUT2D eigenvalue weighted by Gasteiger charge is -2.17. The second-order valence-corrected chi connectivity index (χ2v) is 7.68. The molecule has 3 N–H and O–H groups in total. The first-order valence-corrected chi connectivity index (χ1v) is 9.64. The number of hydrogen-bond donors (Lipinski definition) is 2. The zero-order chi connectivity index (χ0) is 18.3. The Morgan fingerprint density at radius 1 is 1.08 bits per heavy atom. The maximum Gasteiger partial charge on any atom is 0.266 e. The summed E-state index contributed by atoms with van der Waals surface area (Å²) >= 11 is 1.49. The third-order valence-electron chi connectivity index (χ3n) is 4.81. The third-order valence-corrected chi connectivity index (χ3v) is 5.72. The number of nitrogens with two attached hydrogens (primary N) is 1. The second-order valence-electron chi connectivity index (χ2n) is 6.76. The minimum Gasteiger partial charge on any atom is -0.330 e. The van der Waals surface area contributed by atoms with Gasteiger partial charge in [-0.25, -0.2) is 0 Å². The molecule has 0 aliphatic carbocycles. The first kappa shape index (κ1) is 17.0. The summed E-state index contributed by atoms with van der Waals surface area (Å²) in [6, 6.07) is 14.8. The number of pyridine rings is 1. The van der Waals surface area contributed by atoms with Crippen LogP contribution in [0.3, 0.4) is 0 Å². The maximum atomic E-state index is 12.4. The highest BCUT2D eigenvalue weighted by atomic mass is 32.1. The molecule has 0 aliphatic heterocycles. The summed E-state index contributed by atoms with van der Waals surface area (Å²) in [6.07, 6.45) is 0.879. The van der Waals surface area contributed by atoms with E-state index >= 15 is 0 Å². The van der Waals surface area contributed by atoms with Crippen LogP contribution in [0.5, 0.6) is 0 Å². The van der Waals surface area contributed by atoms with Gasteiger partial charge in [-0.2, -0.15) is 0 Å². The van der Waals surface area contributed by atoms with Gasteiger partial charge >= 0.3 is 0 Å². The van der Waals surface area contributed by atoms with Crippen molar-refractivity contribution in [2.75, 3.05) is 6.54 Å². The molecule has 26 heavy (non-hydrogen) atoms. The molecule has 4 rings (SSSR count). The van der Waals surface area contributed by atoms with Crippen LogP contribution in [0.2, 0.25) is 0 Å². The number of nitrogens with one attached hydrogen (secondary N) is 1. The van der Waals surface area contributed by atoms with E-state index in [1.807, 2.05) is 11.4 Å². The summed E-state index contributed by atoms with van der Waals surface area (Å²) in [5.41, 5.74) is 11.3. The van der Waals surface area contributed by atoms with Crippen molar-refractivity contribution >= 4 is 32.3 Å². The van der Waals surface area contributed by atoms with Gasteiger partial charge in [0.1, 0.15) is 4.70 Å². The van der Waals surface area contributed by atoms with Crippen LogP contribution >= 0.6 is 11.3 Å². The second kappa shape index (κ2) is 6.71. The Bertz CT molecular complexity index is 1140. The molecule has 0 bridgehead atoms. The van der Waals surface area contributed by atoms with Crippen LogP contribution in [0.4, 0.5) is 0 Å². The fourth-order valence-electron chi connectivity index (χ4n) is 3.57. The molecule has 0 saturated carbocycles. The number of aromatic nitrogens is 1. The van der Waals surface area contributed by atoms with Gasteiger partial charge in [0.25, 0.3) is 5.56 Å². The minimum absolute atomic E-state index is 0.0170. The first-order chi connectivity index (χ1) is 12.6. The van der Waals surface area contributed by atoms with Crippen molar-refractivity contribution in [3.05, 3.63) is 75.2 Å². The Morgan fingerprint density at radius 3 is 2.54 bits per heavy atom. The molecule has 1 radical (unpaired) electrons. The summed E-state index contributed by atoms with van der Waals surface area (Å²) in [5.74, 6) is 1.25. The number of H-pyrrole nitrogens is 1. The highest BCUT2D eigenvalue weighted by Gasteiger charge is 2.17. The molecule has 0 fully saturated rings. The van der Waals surface area contributed by atoms with Gasteiger partial charge in [0.15, 0.2) is 0 Å². The number of rotatable bonds is 4. The summed E-state index contributed by atoms with van der Waals surface area (Å²) in [5, 5.41) is 4.13. The number of fused-ring (bicyclic) bond motifs is 3. The van der Waals surface area contributed by atoms with E-state index in [1.54, 1.807) is 0 Å². The number of hydrogen-bond acceptors (Lipinski definition) is 3. The standard InChI is InChI=1S/C22H21N2OS/c1-13(2)16-7-8-18-20(17-10-12-26-21(17)22(25)24-18)19(16)15-5-3-14(4-6-15)9-11-23/h3-8,10,12H,9,11,23H2,1-2H3,(H,24,25). The molecule has 2 aromatic heterocycles. The quantitative estimate of drug-likeness (QED) is 0.544. The van der Waals surface area contributed by atoms with Gasteiger partial charge in [-0.05, 0) is 58.7 Å². The zero-order valence-corrected chi connectivity index (χ0v) is 15.7. The Hall–Kier alpha value is -2.43. The number of aromatic amines is 1. The van der Waals surface area contributed by atoms with E-state index < -0.39 is 0 Å². The average Bonchev–Trinajstić information content (AvgIpc) is 3.12. The van der Waals surface area contributed by atoms with Crippen LogP contribution in [-0.4, -0.2) is 11.5 Å².